The highest BCUT2D eigenvalue weighted by Gasteiger charge is 2.37. The van der Waals surface area contributed by atoms with Crippen LogP contribution in [-0.2, 0) is 4.74 Å². The third kappa shape index (κ3) is 3.60. The molecule has 7 heteroatoms. The van der Waals surface area contributed by atoms with Gasteiger partial charge in [0.05, 0.1) is 6.54 Å². The van der Waals surface area contributed by atoms with Gasteiger partial charge in [0.2, 0.25) is 0 Å². The number of nitrogens with two attached hydrogens (primary N) is 1. The van der Waals surface area contributed by atoms with E-state index in [2.05, 4.69) is 29.1 Å². The molecule has 0 spiro atoms. The summed E-state index contributed by atoms with van der Waals surface area (Å²) >= 11 is 0. The number of benzene rings is 1. The normalized spacial score (nSPS) is 22.9. The number of amides is 2. The summed E-state index contributed by atoms with van der Waals surface area (Å²) in [7, 11) is 0. The van der Waals surface area contributed by atoms with E-state index >= 15 is 0 Å². The van der Waals surface area contributed by atoms with Crippen molar-refractivity contribution in [3.8, 4) is 0 Å². The number of nitrogens with one attached hydrogen (secondary N) is 1. The quantitative estimate of drug-likeness (QED) is 0.652. The van der Waals surface area contributed by atoms with E-state index in [4.69, 9.17) is 10.5 Å². The first-order valence-electron chi connectivity index (χ1n) is 8.71. The van der Waals surface area contributed by atoms with Crippen LogP contribution in [0, 0.1) is 6.92 Å². The Labute approximate surface area is 148 Å². The molecular weight excluding hydrogens is 318 g/mol. The minimum absolute atomic E-state index is 0.0700. The Kier molecular flexibility index (Phi) is 4.92. The Morgan fingerprint density at radius 2 is 2.32 bits per heavy atom. The zero-order valence-electron chi connectivity index (χ0n) is 15.0. The molecule has 1 aromatic rings. The summed E-state index contributed by atoms with van der Waals surface area (Å²) in [4.78, 5) is 22.8. The lowest BCUT2D eigenvalue weighted by molar-refractivity contribution is 0.0688. The molecule has 0 aromatic heterocycles. The third-order valence-electron chi connectivity index (χ3n) is 4.74. The number of rotatable bonds is 3. The van der Waals surface area contributed by atoms with Crippen LogP contribution >= 0.6 is 0 Å². The van der Waals surface area contributed by atoms with Gasteiger partial charge in [0, 0.05) is 23.3 Å². The van der Waals surface area contributed by atoms with Gasteiger partial charge in [-0.2, -0.15) is 4.99 Å². The molecule has 25 heavy (non-hydrogen) atoms. The molecule has 3 N–H and O–H groups in total. The maximum Gasteiger partial charge on any atom is 0.322 e. The molecule has 2 amide bonds. The molecule has 0 saturated carbocycles. The van der Waals surface area contributed by atoms with E-state index in [0.717, 1.165) is 24.0 Å². The van der Waals surface area contributed by atoms with Crippen molar-refractivity contribution in [1.29, 1.82) is 0 Å². The van der Waals surface area contributed by atoms with Gasteiger partial charge in [0.25, 0.3) is 0 Å². The van der Waals surface area contributed by atoms with Crippen molar-refractivity contribution < 1.29 is 9.53 Å². The maximum atomic E-state index is 12.5. The van der Waals surface area contributed by atoms with Crippen molar-refractivity contribution in [3.63, 3.8) is 0 Å². The fourth-order valence-corrected chi connectivity index (χ4v) is 3.29. The number of carbonyl (C=O) groups excluding carboxylic acids is 1. The molecule has 2 aliphatic rings. The summed E-state index contributed by atoms with van der Waals surface area (Å²) in [6.45, 7) is 7.26. The second kappa shape index (κ2) is 7.13. The predicted octanol–water partition coefficient (Wildman–Crippen LogP) is 2.49. The maximum absolute atomic E-state index is 12.5. The highest BCUT2D eigenvalue weighted by molar-refractivity contribution is 6.05. The lowest BCUT2D eigenvalue weighted by atomic mass is 9.93. The Bertz CT molecular complexity index is 728. The molecule has 2 atom stereocenters. The summed E-state index contributed by atoms with van der Waals surface area (Å²) in [6.07, 6.45) is 2.03. The molecule has 2 unspecified atom stereocenters. The minimum atomic E-state index is -0.0700. The SMILES string of the molecule is CCC1CC(C)N1C(=O)Nc1ccc(C)c(/C(N)=N/C2=NCCO2)c1. The predicted molar refractivity (Wildman–Crippen MR) is 99.2 cm³/mol. The van der Waals surface area contributed by atoms with E-state index in [1.54, 1.807) is 0 Å². The highest BCUT2D eigenvalue weighted by Crippen LogP contribution is 2.28. The molecule has 2 heterocycles. The number of aliphatic imine (C=N–C) groups is 2. The summed E-state index contributed by atoms with van der Waals surface area (Å²) < 4.78 is 5.28. The average Bonchev–Trinajstić information content (AvgIpc) is 3.06. The number of urea groups is 1. The van der Waals surface area contributed by atoms with Gasteiger partial charge in [-0.25, -0.2) is 9.79 Å². The largest absolute Gasteiger partial charge is 0.462 e. The fourth-order valence-electron chi connectivity index (χ4n) is 3.29. The highest BCUT2D eigenvalue weighted by atomic mass is 16.5. The van der Waals surface area contributed by atoms with Crippen LogP contribution in [0.3, 0.4) is 0 Å². The van der Waals surface area contributed by atoms with Crippen molar-refractivity contribution in [3.05, 3.63) is 29.3 Å². The van der Waals surface area contributed by atoms with Crippen LogP contribution < -0.4 is 11.1 Å². The van der Waals surface area contributed by atoms with Crippen molar-refractivity contribution in [2.24, 2.45) is 15.7 Å². The van der Waals surface area contributed by atoms with E-state index in [-0.39, 0.29) is 12.1 Å². The summed E-state index contributed by atoms with van der Waals surface area (Å²) in [5.74, 6) is 0.331. The number of nitrogens with zero attached hydrogens (tertiary/aromatic N) is 3. The molecule has 3 rings (SSSR count). The molecule has 134 valence electrons. The molecule has 2 aliphatic heterocycles. The summed E-state index contributed by atoms with van der Waals surface area (Å²) in [6, 6.07) is 6.47. The average molecular weight is 343 g/mol. The summed E-state index contributed by atoms with van der Waals surface area (Å²) in [5.41, 5.74) is 8.54. The summed E-state index contributed by atoms with van der Waals surface area (Å²) in [5, 5.41) is 2.97. The lowest BCUT2D eigenvalue weighted by Crippen LogP contribution is -2.58. The number of ether oxygens (including phenoxy) is 1. The molecule has 1 saturated heterocycles. The monoisotopic (exact) mass is 343 g/mol. The second-order valence-electron chi connectivity index (χ2n) is 6.52. The van der Waals surface area contributed by atoms with Gasteiger partial charge in [-0.15, -0.1) is 0 Å². The molecule has 7 nitrogen and oxygen atoms in total. The van der Waals surface area contributed by atoms with Crippen molar-refractivity contribution >= 4 is 23.6 Å². The first kappa shape index (κ1) is 17.3. The van der Waals surface area contributed by atoms with Gasteiger partial charge in [0.15, 0.2) is 0 Å². The van der Waals surface area contributed by atoms with Crippen LogP contribution in [0.1, 0.15) is 37.8 Å². The Morgan fingerprint density at radius 1 is 1.52 bits per heavy atom. The third-order valence-corrected chi connectivity index (χ3v) is 4.74. The van der Waals surface area contributed by atoms with Crippen molar-refractivity contribution in [2.45, 2.75) is 45.7 Å². The van der Waals surface area contributed by atoms with Crippen molar-refractivity contribution in [1.82, 2.24) is 4.90 Å². The molecule has 0 aliphatic carbocycles. The zero-order chi connectivity index (χ0) is 18.0. The van der Waals surface area contributed by atoms with Crippen molar-refractivity contribution in [2.75, 3.05) is 18.5 Å². The number of hydrogen-bond donors (Lipinski definition) is 2. The fraction of sp³-hybridized carbons (Fsp3) is 0.500. The van der Waals surface area contributed by atoms with Gasteiger partial charge >= 0.3 is 12.1 Å². The topological polar surface area (TPSA) is 92.3 Å². The van der Waals surface area contributed by atoms with E-state index in [9.17, 15) is 4.79 Å². The number of likely N-dealkylation sites (tertiary alicyclic amines) is 1. The Balaban J connectivity index is 1.76. The standard InChI is InChI=1S/C18H25N5O2/c1-4-14-9-12(3)23(14)18(24)21-13-6-5-11(2)15(10-13)16(19)22-17-20-7-8-25-17/h5-6,10,12,14H,4,7-9H2,1-3H3,(H,21,24)(H2,19,20,22). The van der Waals surface area contributed by atoms with Crippen LogP contribution in [0.25, 0.3) is 0 Å². The van der Waals surface area contributed by atoms with Gasteiger partial charge < -0.3 is 20.7 Å². The van der Waals surface area contributed by atoms with Crippen LogP contribution in [0.4, 0.5) is 10.5 Å². The molecular formula is C18H25N5O2. The van der Waals surface area contributed by atoms with E-state index in [0.29, 0.717) is 36.7 Å². The Morgan fingerprint density at radius 3 is 2.96 bits per heavy atom. The van der Waals surface area contributed by atoms with Gasteiger partial charge in [0.1, 0.15) is 12.4 Å². The number of aryl methyl sites for hydroxylation is 1. The van der Waals surface area contributed by atoms with E-state index in [1.807, 2.05) is 30.0 Å². The number of amidine groups is 2. The van der Waals surface area contributed by atoms with Crippen LogP contribution in [-0.4, -0.2) is 48.0 Å². The van der Waals surface area contributed by atoms with Crippen LogP contribution in [0.5, 0.6) is 0 Å². The first-order valence-corrected chi connectivity index (χ1v) is 8.71. The second-order valence-corrected chi connectivity index (χ2v) is 6.52. The van der Waals surface area contributed by atoms with E-state index < -0.39 is 0 Å². The Hall–Kier alpha value is -2.57. The molecule has 1 fully saturated rings. The van der Waals surface area contributed by atoms with Gasteiger partial charge in [-0.3, -0.25) is 0 Å². The lowest BCUT2D eigenvalue weighted by Gasteiger charge is -2.46. The molecule has 0 bridgehead atoms. The van der Waals surface area contributed by atoms with Gasteiger partial charge in [-0.1, -0.05) is 13.0 Å². The van der Waals surface area contributed by atoms with Gasteiger partial charge in [-0.05, 0) is 44.4 Å². The minimum Gasteiger partial charge on any atom is -0.462 e. The number of carbonyl (C=O) groups is 1. The number of hydrogen-bond acceptors (Lipinski definition) is 4. The molecule has 0 radical (unpaired) electrons. The first-order chi connectivity index (χ1) is 12.0. The smallest absolute Gasteiger partial charge is 0.322 e. The van der Waals surface area contributed by atoms with Crippen LogP contribution in [0.15, 0.2) is 28.2 Å². The molecule has 1 aromatic carbocycles. The zero-order valence-corrected chi connectivity index (χ0v) is 15.0. The van der Waals surface area contributed by atoms with E-state index in [1.165, 1.54) is 0 Å². The number of anilines is 1. The van der Waals surface area contributed by atoms with Crippen LogP contribution in [0.2, 0.25) is 0 Å².